The first-order chi connectivity index (χ1) is 15.6. The summed E-state index contributed by atoms with van der Waals surface area (Å²) in [6.07, 6.45) is 0. The molecular weight excluding hydrogens is 392 g/mol. The quantitative estimate of drug-likeness (QED) is 0.303. The summed E-state index contributed by atoms with van der Waals surface area (Å²) in [6.45, 7) is 4.06. The van der Waals surface area contributed by atoms with Crippen molar-refractivity contribution in [1.82, 2.24) is 9.97 Å². The molecule has 1 aromatic heterocycles. The molecule has 0 N–H and O–H groups in total. The number of carbonyl (C=O) groups is 1. The van der Waals surface area contributed by atoms with Crippen LogP contribution in [0.1, 0.15) is 27.0 Å². The molecule has 1 heterocycles. The molecule has 3 nitrogen and oxygen atoms in total. The third-order valence-corrected chi connectivity index (χ3v) is 5.61. The van der Waals surface area contributed by atoms with Gasteiger partial charge >= 0.3 is 0 Å². The molecule has 0 spiro atoms. The lowest BCUT2D eigenvalue weighted by Gasteiger charge is -2.14. The molecule has 3 heteroatoms. The fourth-order valence-corrected chi connectivity index (χ4v) is 3.90. The molecule has 0 fully saturated rings. The molecule has 0 amide bonds. The maximum absolute atomic E-state index is 13.5. The Morgan fingerprint density at radius 1 is 0.625 bits per heavy atom. The maximum Gasteiger partial charge on any atom is 0.193 e. The van der Waals surface area contributed by atoms with Gasteiger partial charge in [-0.1, -0.05) is 90.0 Å². The molecule has 0 aliphatic carbocycles. The number of fused-ring (bicyclic) bond motifs is 1. The second-order valence-electron chi connectivity index (χ2n) is 8.02. The predicted molar refractivity (Wildman–Crippen MR) is 130 cm³/mol. The van der Waals surface area contributed by atoms with Crippen molar-refractivity contribution in [2.24, 2.45) is 0 Å². The topological polar surface area (TPSA) is 42.9 Å². The van der Waals surface area contributed by atoms with E-state index in [1.54, 1.807) is 0 Å². The molecule has 5 rings (SSSR count). The number of nitrogens with zero attached hydrogens (tertiary/aromatic N) is 2. The zero-order chi connectivity index (χ0) is 22.1. The van der Waals surface area contributed by atoms with Gasteiger partial charge in [-0.05, 0) is 32.0 Å². The molecular formula is C29H22N2O. The number of carbonyl (C=O) groups excluding carboxylic acids is 1. The van der Waals surface area contributed by atoms with Gasteiger partial charge < -0.3 is 0 Å². The largest absolute Gasteiger partial charge is 0.289 e. The van der Waals surface area contributed by atoms with E-state index in [-0.39, 0.29) is 5.78 Å². The fraction of sp³-hybridized carbons (Fsp3) is 0.0690. The van der Waals surface area contributed by atoms with Crippen LogP contribution in [0.3, 0.4) is 0 Å². The molecule has 32 heavy (non-hydrogen) atoms. The smallest absolute Gasteiger partial charge is 0.193 e. The Hall–Kier alpha value is -4.11. The summed E-state index contributed by atoms with van der Waals surface area (Å²) in [7, 11) is 0. The van der Waals surface area contributed by atoms with Crippen LogP contribution in [0.15, 0.2) is 97.1 Å². The molecule has 0 aliphatic rings. The first kappa shape index (κ1) is 19.8. The minimum atomic E-state index is -0.0193. The number of aryl methyl sites for hydroxylation is 2. The Bertz CT molecular complexity index is 1440. The van der Waals surface area contributed by atoms with Gasteiger partial charge in [-0.15, -0.1) is 0 Å². The molecule has 0 atom stereocenters. The second kappa shape index (κ2) is 8.20. The number of aromatic nitrogens is 2. The van der Waals surface area contributed by atoms with E-state index in [0.717, 1.165) is 33.4 Å². The Morgan fingerprint density at radius 2 is 1.22 bits per heavy atom. The van der Waals surface area contributed by atoms with Crippen LogP contribution in [-0.4, -0.2) is 15.8 Å². The highest BCUT2D eigenvalue weighted by Crippen LogP contribution is 2.34. The van der Waals surface area contributed by atoms with Crippen molar-refractivity contribution in [1.29, 1.82) is 0 Å². The van der Waals surface area contributed by atoms with E-state index in [1.165, 1.54) is 5.56 Å². The van der Waals surface area contributed by atoms with Crippen molar-refractivity contribution < 1.29 is 4.79 Å². The molecule has 154 valence electrons. The highest BCUT2D eigenvalue weighted by Gasteiger charge is 2.20. The van der Waals surface area contributed by atoms with E-state index in [9.17, 15) is 4.79 Å². The van der Waals surface area contributed by atoms with E-state index in [1.807, 2.05) is 79.7 Å². The van der Waals surface area contributed by atoms with Crippen molar-refractivity contribution >= 4 is 16.8 Å². The van der Waals surface area contributed by atoms with Gasteiger partial charge in [-0.2, -0.15) is 0 Å². The number of ketones is 1. The lowest BCUT2D eigenvalue weighted by atomic mass is 9.92. The van der Waals surface area contributed by atoms with Crippen LogP contribution >= 0.6 is 0 Å². The summed E-state index contributed by atoms with van der Waals surface area (Å²) in [6, 6.07) is 31.4. The highest BCUT2D eigenvalue weighted by molar-refractivity contribution is 6.13. The van der Waals surface area contributed by atoms with Crippen LogP contribution < -0.4 is 0 Å². The Labute approximate surface area is 187 Å². The highest BCUT2D eigenvalue weighted by atomic mass is 16.1. The third-order valence-electron chi connectivity index (χ3n) is 5.61. The normalized spacial score (nSPS) is 10.9. The Kier molecular flexibility index (Phi) is 5.08. The number of rotatable bonds is 4. The molecule has 0 saturated heterocycles. The lowest BCUT2D eigenvalue weighted by Crippen LogP contribution is -2.06. The van der Waals surface area contributed by atoms with Crippen LogP contribution in [0.2, 0.25) is 0 Å². The average molecular weight is 415 g/mol. The van der Waals surface area contributed by atoms with E-state index < -0.39 is 0 Å². The van der Waals surface area contributed by atoms with Crippen LogP contribution in [0.4, 0.5) is 0 Å². The zero-order valence-electron chi connectivity index (χ0n) is 18.0. The molecule has 0 unspecified atom stereocenters. The standard InChI is InChI=1S/C29H22N2O/c1-19-12-15-21(16-13-19)27-28(31-26-11-7-6-10-25(26)30-27)23-17-14-20(2)18-24(23)29(32)22-8-4-3-5-9-22/h3-18H,1-2H3. The van der Waals surface area contributed by atoms with E-state index >= 15 is 0 Å². The van der Waals surface area contributed by atoms with Crippen molar-refractivity contribution in [3.8, 4) is 22.5 Å². The van der Waals surface area contributed by atoms with Gasteiger partial charge in [0.1, 0.15) is 0 Å². The minimum Gasteiger partial charge on any atom is -0.289 e. The third kappa shape index (κ3) is 3.69. The van der Waals surface area contributed by atoms with Crippen molar-refractivity contribution in [3.63, 3.8) is 0 Å². The Balaban J connectivity index is 1.79. The first-order valence-corrected chi connectivity index (χ1v) is 10.6. The Morgan fingerprint density at radius 3 is 1.91 bits per heavy atom. The molecule has 0 bridgehead atoms. The van der Waals surface area contributed by atoms with E-state index in [0.29, 0.717) is 16.8 Å². The van der Waals surface area contributed by atoms with Crippen LogP contribution in [0.25, 0.3) is 33.5 Å². The van der Waals surface area contributed by atoms with Crippen molar-refractivity contribution in [2.45, 2.75) is 13.8 Å². The van der Waals surface area contributed by atoms with Crippen molar-refractivity contribution in [3.05, 3.63) is 119 Å². The van der Waals surface area contributed by atoms with Crippen molar-refractivity contribution in [2.75, 3.05) is 0 Å². The van der Waals surface area contributed by atoms with Gasteiger partial charge in [0.15, 0.2) is 5.78 Å². The van der Waals surface area contributed by atoms with E-state index in [4.69, 9.17) is 9.97 Å². The molecule has 0 aliphatic heterocycles. The second-order valence-corrected chi connectivity index (χ2v) is 8.02. The number of hydrogen-bond acceptors (Lipinski definition) is 3. The summed E-state index contributed by atoms with van der Waals surface area (Å²) in [5.41, 5.74) is 8.38. The summed E-state index contributed by atoms with van der Waals surface area (Å²) in [4.78, 5) is 23.5. The predicted octanol–water partition coefficient (Wildman–Crippen LogP) is 6.81. The molecule has 0 radical (unpaired) electrons. The lowest BCUT2D eigenvalue weighted by molar-refractivity contribution is 0.103. The maximum atomic E-state index is 13.5. The summed E-state index contributed by atoms with van der Waals surface area (Å²) in [5, 5.41) is 0. The minimum absolute atomic E-state index is 0.0193. The monoisotopic (exact) mass is 414 g/mol. The van der Waals surface area contributed by atoms with Gasteiger partial charge in [-0.3, -0.25) is 4.79 Å². The SMILES string of the molecule is Cc1ccc(-c2nc3ccccc3nc2-c2ccc(C)cc2C(=O)c2ccccc2)cc1. The number of benzene rings is 4. The van der Waals surface area contributed by atoms with Crippen LogP contribution in [0.5, 0.6) is 0 Å². The van der Waals surface area contributed by atoms with Gasteiger partial charge in [-0.25, -0.2) is 9.97 Å². The molecule has 0 saturated carbocycles. The first-order valence-electron chi connectivity index (χ1n) is 10.6. The average Bonchev–Trinajstić information content (AvgIpc) is 2.84. The van der Waals surface area contributed by atoms with E-state index in [2.05, 4.69) is 31.2 Å². The zero-order valence-corrected chi connectivity index (χ0v) is 18.0. The van der Waals surface area contributed by atoms with Gasteiger partial charge in [0, 0.05) is 22.3 Å². The van der Waals surface area contributed by atoms with Gasteiger partial charge in [0.05, 0.1) is 22.4 Å². The summed E-state index contributed by atoms with van der Waals surface area (Å²) < 4.78 is 0. The fourth-order valence-electron chi connectivity index (χ4n) is 3.90. The number of hydrogen-bond donors (Lipinski definition) is 0. The molecule has 5 aromatic rings. The summed E-state index contributed by atoms with van der Waals surface area (Å²) >= 11 is 0. The van der Waals surface area contributed by atoms with Gasteiger partial charge in [0.2, 0.25) is 0 Å². The van der Waals surface area contributed by atoms with Crippen LogP contribution in [0, 0.1) is 13.8 Å². The summed E-state index contributed by atoms with van der Waals surface area (Å²) in [5.74, 6) is -0.0193. The number of para-hydroxylation sites is 2. The van der Waals surface area contributed by atoms with Crippen LogP contribution in [-0.2, 0) is 0 Å². The molecule has 4 aromatic carbocycles. The van der Waals surface area contributed by atoms with Gasteiger partial charge in [0.25, 0.3) is 0 Å².